The van der Waals surface area contributed by atoms with Gasteiger partial charge in [0, 0.05) is 19.2 Å². The van der Waals surface area contributed by atoms with E-state index in [1.54, 1.807) is 24.1 Å². The molecule has 0 saturated heterocycles. The van der Waals surface area contributed by atoms with Gasteiger partial charge in [0.15, 0.2) is 0 Å². The van der Waals surface area contributed by atoms with Gasteiger partial charge in [-0.05, 0) is 19.4 Å². The van der Waals surface area contributed by atoms with Gasteiger partial charge in [0.2, 0.25) is 0 Å². The molecule has 0 aliphatic carbocycles. The lowest BCUT2D eigenvalue weighted by atomic mass is 10.1. The summed E-state index contributed by atoms with van der Waals surface area (Å²) in [6.45, 7) is 3.40. The minimum Gasteiger partial charge on any atom is -0.497 e. The van der Waals surface area contributed by atoms with Crippen LogP contribution in [0.15, 0.2) is 23.8 Å². The lowest BCUT2D eigenvalue weighted by Gasteiger charge is -2.26. The number of nitrogens with two attached hydrogens (primary N) is 1. The SMILES string of the molecule is COc1cc(OC)c(N)c(C(=O)N2CC=C(C)CC2)c1. The largest absolute Gasteiger partial charge is 0.497 e. The number of nitrogens with zero attached hydrogens (tertiary/aromatic N) is 1. The lowest BCUT2D eigenvalue weighted by molar-refractivity contribution is 0.0769. The van der Waals surface area contributed by atoms with E-state index in [0.717, 1.165) is 6.42 Å². The number of rotatable bonds is 3. The van der Waals surface area contributed by atoms with E-state index >= 15 is 0 Å². The highest BCUT2D eigenvalue weighted by Crippen LogP contribution is 2.32. The van der Waals surface area contributed by atoms with Crippen molar-refractivity contribution < 1.29 is 14.3 Å². The van der Waals surface area contributed by atoms with Crippen LogP contribution in [-0.4, -0.2) is 38.1 Å². The summed E-state index contributed by atoms with van der Waals surface area (Å²) < 4.78 is 10.4. The summed E-state index contributed by atoms with van der Waals surface area (Å²) in [5.41, 5.74) is 8.10. The maximum absolute atomic E-state index is 12.6. The second kappa shape index (κ2) is 5.86. The van der Waals surface area contributed by atoms with Crippen molar-refractivity contribution in [2.75, 3.05) is 33.0 Å². The first-order valence-corrected chi connectivity index (χ1v) is 6.53. The number of hydrogen-bond donors (Lipinski definition) is 1. The Morgan fingerprint density at radius 3 is 2.60 bits per heavy atom. The number of methoxy groups -OCH3 is 2. The van der Waals surface area contributed by atoms with E-state index < -0.39 is 0 Å². The predicted molar refractivity (Wildman–Crippen MR) is 78.2 cm³/mol. The van der Waals surface area contributed by atoms with Gasteiger partial charge in [-0.3, -0.25) is 4.79 Å². The highest BCUT2D eigenvalue weighted by atomic mass is 16.5. The van der Waals surface area contributed by atoms with Gasteiger partial charge in [0.05, 0.1) is 25.5 Å². The second-order valence-corrected chi connectivity index (χ2v) is 4.84. The van der Waals surface area contributed by atoms with E-state index in [0.29, 0.717) is 35.8 Å². The van der Waals surface area contributed by atoms with Gasteiger partial charge in [-0.25, -0.2) is 0 Å². The molecule has 0 radical (unpaired) electrons. The van der Waals surface area contributed by atoms with Crippen LogP contribution in [0.2, 0.25) is 0 Å². The molecule has 5 heteroatoms. The zero-order valence-electron chi connectivity index (χ0n) is 12.1. The van der Waals surface area contributed by atoms with Crippen molar-refractivity contribution in [2.45, 2.75) is 13.3 Å². The summed E-state index contributed by atoms with van der Waals surface area (Å²) in [5.74, 6) is 0.919. The maximum Gasteiger partial charge on any atom is 0.256 e. The third kappa shape index (κ3) is 2.71. The molecule has 20 heavy (non-hydrogen) atoms. The van der Waals surface area contributed by atoms with Crippen molar-refractivity contribution in [3.05, 3.63) is 29.3 Å². The van der Waals surface area contributed by atoms with Crippen molar-refractivity contribution >= 4 is 11.6 Å². The Hall–Kier alpha value is -2.17. The van der Waals surface area contributed by atoms with Crippen LogP contribution in [0, 0.1) is 0 Å². The molecular weight excluding hydrogens is 256 g/mol. The minimum absolute atomic E-state index is 0.0940. The topological polar surface area (TPSA) is 64.8 Å². The number of hydrogen-bond acceptors (Lipinski definition) is 4. The first kappa shape index (κ1) is 14.2. The molecule has 0 bridgehead atoms. The molecule has 5 nitrogen and oxygen atoms in total. The van der Waals surface area contributed by atoms with Gasteiger partial charge in [0.1, 0.15) is 11.5 Å². The first-order valence-electron chi connectivity index (χ1n) is 6.53. The summed E-state index contributed by atoms with van der Waals surface area (Å²) in [6.07, 6.45) is 2.96. The number of carbonyl (C=O) groups excluding carboxylic acids is 1. The lowest BCUT2D eigenvalue weighted by Crippen LogP contribution is -2.35. The molecule has 0 spiro atoms. The van der Waals surface area contributed by atoms with Crippen LogP contribution in [-0.2, 0) is 0 Å². The molecule has 1 amide bonds. The second-order valence-electron chi connectivity index (χ2n) is 4.84. The number of nitrogen functional groups attached to an aromatic ring is 1. The Labute approximate surface area is 119 Å². The third-order valence-electron chi connectivity index (χ3n) is 3.53. The highest BCUT2D eigenvalue weighted by Gasteiger charge is 2.22. The Balaban J connectivity index is 2.34. The van der Waals surface area contributed by atoms with Crippen molar-refractivity contribution in [3.63, 3.8) is 0 Å². The molecule has 0 unspecified atom stereocenters. The average molecular weight is 276 g/mol. The highest BCUT2D eigenvalue weighted by molar-refractivity contribution is 6.01. The molecular formula is C15H20N2O3. The smallest absolute Gasteiger partial charge is 0.256 e. The van der Waals surface area contributed by atoms with Crippen molar-refractivity contribution in [1.29, 1.82) is 0 Å². The molecule has 1 aromatic rings. The predicted octanol–water partition coefficient (Wildman–Crippen LogP) is 2.08. The van der Waals surface area contributed by atoms with Crippen molar-refractivity contribution in [2.24, 2.45) is 0 Å². The Bertz CT molecular complexity index is 552. The number of ether oxygens (including phenoxy) is 2. The molecule has 2 N–H and O–H groups in total. The Kier molecular flexibility index (Phi) is 4.17. The Morgan fingerprint density at radius 2 is 2.05 bits per heavy atom. The van der Waals surface area contributed by atoms with Crippen LogP contribution in [0.3, 0.4) is 0 Å². The number of amides is 1. The summed E-state index contributed by atoms with van der Waals surface area (Å²) in [7, 11) is 3.07. The molecule has 0 saturated carbocycles. The van der Waals surface area contributed by atoms with E-state index in [-0.39, 0.29) is 5.91 Å². The normalized spacial score (nSPS) is 14.8. The van der Waals surface area contributed by atoms with Gasteiger partial charge in [-0.15, -0.1) is 0 Å². The number of anilines is 1. The summed E-state index contributed by atoms with van der Waals surface area (Å²) in [5, 5.41) is 0. The van der Waals surface area contributed by atoms with Gasteiger partial charge in [-0.2, -0.15) is 0 Å². The van der Waals surface area contributed by atoms with Crippen LogP contribution in [0.1, 0.15) is 23.7 Å². The van der Waals surface area contributed by atoms with E-state index in [4.69, 9.17) is 15.2 Å². The molecule has 2 rings (SSSR count). The van der Waals surface area contributed by atoms with Gasteiger partial charge in [-0.1, -0.05) is 11.6 Å². The number of carbonyl (C=O) groups is 1. The van der Waals surface area contributed by atoms with E-state index in [9.17, 15) is 4.79 Å². The van der Waals surface area contributed by atoms with Crippen LogP contribution < -0.4 is 15.2 Å². The van der Waals surface area contributed by atoms with Crippen LogP contribution >= 0.6 is 0 Å². The molecule has 0 atom stereocenters. The van der Waals surface area contributed by atoms with Crippen molar-refractivity contribution in [1.82, 2.24) is 4.90 Å². The third-order valence-corrected chi connectivity index (χ3v) is 3.53. The summed E-state index contributed by atoms with van der Waals surface area (Å²) in [6, 6.07) is 3.33. The molecule has 1 aliphatic rings. The van der Waals surface area contributed by atoms with E-state index in [2.05, 4.69) is 13.0 Å². The zero-order valence-corrected chi connectivity index (χ0v) is 12.1. The van der Waals surface area contributed by atoms with Crippen LogP contribution in [0.25, 0.3) is 0 Å². The maximum atomic E-state index is 12.6. The van der Waals surface area contributed by atoms with Gasteiger partial charge < -0.3 is 20.1 Å². The van der Waals surface area contributed by atoms with Crippen LogP contribution in [0.4, 0.5) is 5.69 Å². The molecule has 1 aromatic carbocycles. The standard InChI is InChI=1S/C15H20N2O3/c1-10-4-6-17(7-5-10)15(18)12-8-11(19-2)9-13(20-3)14(12)16/h4,8-9H,5-7,16H2,1-3H3. The Morgan fingerprint density at radius 1 is 1.30 bits per heavy atom. The van der Waals surface area contributed by atoms with Crippen LogP contribution in [0.5, 0.6) is 11.5 Å². The quantitative estimate of drug-likeness (QED) is 0.678. The zero-order chi connectivity index (χ0) is 14.7. The molecule has 0 fully saturated rings. The van der Waals surface area contributed by atoms with E-state index in [1.165, 1.54) is 12.7 Å². The summed E-state index contributed by atoms with van der Waals surface area (Å²) >= 11 is 0. The molecule has 1 heterocycles. The first-order chi connectivity index (χ1) is 9.56. The fourth-order valence-electron chi connectivity index (χ4n) is 2.19. The fourth-order valence-corrected chi connectivity index (χ4v) is 2.19. The number of benzene rings is 1. The molecule has 0 aromatic heterocycles. The van der Waals surface area contributed by atoms with Gasteiger partial charge >= 0.3 is 0 Å². The monoisotopic (exact) mass is 276 g/mol. The fraction of sp³-hybridized carbons (Fsp3) is 0.400. The van der Waals surface area contributed by atoms with E-state index in [1.807, 2.05) is 0 Å². The molecule has 108 valence electrons. The van der Waals surface area contributed by atoms with Gasteiger partial charge in [0.25, 0.3) is 5.91 Å². The molecule has 1 aliphatic heterocycles. The van der Waals surface area contributed by atoms with Crippen molar-refractivity contribution in [3.8, 4) is 11.5 Å². The average Bonchev–Trinajstić information content (AvgIpc) is 2.47. The summed E-state index contributed by atoms with van der Waals surface area (Å²) in [4.78, 5) is 14.3. The minimum atomic E-state index is -0.0940.